The first-order valence-corrected chi connectivity index (χ1v) is 8.90. The monoisotopic (exact) mass is 357 g/mol. The molecule has 0 aliphatic carbocycles. The third kappa shape index (κ3) is 3.91. The van der Waals surface area contributed by atoms with E-state index in [1.54, 1.807) is 0 Å². The Kier molecular flexibility index (Phi) is 5.63. The average Bonchev–Trinajstić information content (AvgIpc) is 3.02. The van der Waals surface area contributed by atoms with E-state index in [1.165, 1.54) is 0 Å². The van der Waals surface area contributed by atoms with Crippen molar-refractivity contribution in [2.24, 2.45) is 11.0 Å². The van der Waals surface area contributed by atoms with E-state index in [1.807, 2.05) is 42.2 Å². The Balaban J connectivity index is 1.66. The summed E-state index contributed by atoms with van der Waals surface area (Å²) in [6.07, 6.45) is 1.99. The molecule has 3 rings (SSSR count). The molecule has 26 heavy (non-hydrogen) atoms. The molecular formula is C18H23N5O3. The number of nitrogens with one attached hydrogen (secondary N) is 1. The van der Waals surface area contributed by atoms with Gasteiger partial charge in [-0.2, -0.15) is 0 Å². The minimum Gasteiger partial charge on any atom is -0.445 e. The van der Waals surface area contributed by atoms with Crippen molar-refractivity contribution in [3.63, 3.8) is 0 Å². The van der Waals surface area contributed by atoms with Gasteiger partial charge in [0.05, 0.1) is 0 Å². The van der Waals surface area contributed by atoms with Crippen molar-refractivity contribution >= 4 is 12.0 Å². The summed E-state index contributed by atoms with van der Waals surface area (Å²) in [6, 6.07) is 8.95. The van der Waals surface area contributed by atoms with Gasteiger partial charge in [-0.1, -0.05) is 35.4 Å². The quantitative estimate of drug-likeness (QED) is 0.497. The first kappa shape index (κ1) is 18.1. The van der Waals surface area contributed by atoms with E-state index in [9.17, 15) is 9.59 Å². The summed E-state index contributed by atoms with van der Waals surface area (Å²) in [7, 11) is 0. The number of carbonyl (C=O) groups excluding carboxylic acids is 2. The van der Waals surface area contributed by atoms with E-state index >= 15 is 0 Å². The second-order valence-corrected chi connectivity index (χ2v) is 6.92. The van der Waals surface area contributed by atoms with Crippen LogP contribution in [0.4, 0.5) is 4.79 Å². The van der Waals surface area contributed by atoms with Crippen molar-refractivity contribution in [3.05, 3.63) is 46.3 Å². The van der Waals surface area contributed by atoms with Gasteiger partial charge in [0.25, 0.3) is 0 Å². The second-order valence-electron chi connectivity index (χ2n) is 6.92. The van der Waals surface area contributed by atoms with Crippen molar-refractivity contribution in [1.29, 1.82) is 0 Å². The number of piperidine rings is 1. The van der Waals surface area contributed by atoms with Gasteiger partial charge < -0.3 is 15.0 Å². The average molecular weight is 357 g/mol. The highest BCUT2D eigenvalue weighted by Crippen LogP contribution is 2.35. The third-order valence-corrected chi connectivity index (χ3v) is 5.22. The normalized spacial score (nSPS) is 27.4. The zero-order valence-corrected chi connectivity index (χ0v) is 14.7. The van der Waals surface area contributed by atoms with Crippen LogP contribution in [0, 0.1) is 5.92 Å². The standard InChI is InChI=1S/C18H23N5O3/c1-12-7-8-15-9-14(10-20-22-19)16(17(24)23(12)15)21-18(25)26-11-13-5-3-2-4-6-13/h2-6,12,14-16H,7-11H2,1H3,(H,21,25)/t12-,14?,15?,16?/m1/s1. The predicted octanol–water partition coefficient (Wildman–Crippen LogP) is 2.99. The number of hydrogen-bond donors (Lipinski definition) is 1. The molecule has 2 amide bonds. The number of fused-ring (bicyclic) bond motifs is 1. The molecular weight excluding hydrogens is 334 g/mol. The fourth-order valence-electron chi connectivity index (χ4n) is 3.94. The zero-order chi connectivity index (χ0) is 18.5. The maximum Gasteiger partial charge on any atom is 0.408 e. The van der Waals surface area contributed by atoms with Gasteiger partial charge in [0.2, 0.25) is 5.91 Å². The van der Waals surface area contributed by atoms with Gasteiger partial charge in [-0.3, -0.25) is 4.79 Å². The summed E-state index contributed by atoms with van der Waals surface area (Å²) in [5.41, 5.74) is 9.49. The summed E-state index contributed by atoms with van der Waals surface area (Å²) in [4.78, 5) is 29.8. The first-order chi connectivity index (χ1) is 12.6. The van der Waals surface area contributed by atoms with Gasteiger partial charge in [-0.15, -0.1) is 0 Å². The van der Waals surface area contributed by atoms with Crippen LogP contribution in [0.2, 0.25) is 0 Å². The van der Waals surface area contributed by atoms with Gasteiger partial charge in [0.15, 0.2) is 0 Å². The summed E-state index contributed by atoms with van der Waals surface area (Å²) in [5, 5.41) is 6.33. The molecule has 0 aromatic heterocycles. The number of nitrogens with zero attached hydrogens (tertiary/aromatic N) is 4. The van der Waals surface area contributed by atoms with E-state index in [2.05, 4.69) is 15.3 Å². The number of carbonyl (C=O) groups is 2. The molecule has 8 nitrogen and oxygen atoms in total. The number of azide groups is 1. The van der Waals surface area contributed by atoms with Crippen molar-refractivity contribution in [1.82, 2.24) is 10.2 Å². The highest BCUT2D eigenvalue weighted by atomic mass is 16.5. The van der Waals surface area contributed by atoms with Gasteiger partial charge in [0.1, 0.15) is 12.6 Å². The molecule has 2 saturated heterocycles. The van der Waals surface area contributed by atoms with Crippen LogP contribution in [0.15, 0.2) is 35.4 Å². The molecule has 2 aliphatic rings. The minimum absolute atomic E-state index is 0.110. The molecule has 0 spiro atoms. The van der Waals surface area contributed by atoms with E-state index in [-0.39, 0.29) is 37.1 Å². The van der Waals surface area contributed by atoms with Crippen molar-refractivity contribution in [2.45, 2.75) is 50.9 Å². The Morgan fingerprint density at radius 2 is 2.15 bits per heavy atom. The minimum atomic E-state index is -0.722. The number of alkyl carbamates (subject to hydrolysis) is 1. The number of amides is 2. The molecule has 4 atom stereocenters. The number of ether oxygens (including phenoxy) is 1. The maximum absolute atomic E-state index is 12.9. The van der Waals surface area contributed by atoms with Crippen LogP contribution in [-0.4, -0.2) is 41.6 Å². The van der Waals surface area contributed by atoms with Crippen molar-refractivity contribution in [2.75, 3.05) is 6.54 Å². The predicted molar refractivity (Wildman–Crippen MR) is 95.0 cm³/mol. The topological polar surface area (TPSA) is 107 Å². The molecule has 0 radical (unpaired) electrons. The Bertz CT molecular complexity index is 704. The highest BCUT2D eigenvalue weighted by molar-refractivity contribution is 5.87. The van der Waals surface area contributed by atoms with Gasteiger partial charge in [0, 0.05) is 23.5 Å². The van der Waals surface area contributed by atoms with Gasteiger partial charge in [-0.05, 0) is 43.2 Å². The fourth-order valence-corrected chi connectivity index (χ4v) is 3.94. The molecule has 1 aromatic rings. The van der Waals surface area contributed by atoms with Crippen molar-refractivity contribution < 1.29 is 14.3 Å². The van der Waals surface area contributed by atoms with Crippen LogP contribution < -0.4 is 5.32 Å². The third-order valence-electron chi connectivity index (χ3n) is 5.22. The lowest BCUT2D eigenvalue weighted by Crippen LogP contribution is -2.60. The van der Waals surface area contributed by atoms with Crippen LogP contribution in [0.25, 0.3) is 10.4 Å². The molecule has 138 valence electrons. The Hall–Kier alpha value is -2.73. The molecule has 1 aromatic carbocycles. The Morgan fingerprint density at radius 1 is 1.38 bits per heavy atom. The smallest absolute Gasteiger partial charge is 0.408 e. The SMILES string of the molecule is C[C@@H]1CCC2CC(CN=[N+]=[N-])C(NC(=O)OCc3ccccc3)C(=O)N21. The molecule has 2 aliphatic heterocycles. The van der Waals surface area contributed by atoms with Crippen LogP contribution in [0.3, 0.4) is 0 Å². The summed E-state index contributed by atoms with van der Waals surface area (Å²) in [6.45, 7) is 2.35. The molecule has 0 bridgehead atoms. The van der Waals surface area contributed by atoms with Gasteiger partial charge >= 0.3 is 6.09 Å². The van der Waals surface area contributed by atoms with Crippen molar-refractivity contribution in [3.8, 4) is 0 Å². The van der Waals surface area contributed by atoms with E-state index in [0.717, 1.165) is 24.8 Å². The van der Waals surface area contributed by atoms with Crippen LogP contribution >= 0.6 is 0 Å². The summed E-state index contributed by atoms with van der Waals surface area (Å²) < 4.78 is 5.25. The van der Waals surface area contributed by atoms with E-state index < -0.39 is 12.1 Å². The van der Waals surface area contributed by atoms with Gasteiger partial charge in [-0.25, -0.2) is 4.79 Å². The Labute approximate surface area is 152 Å². The lowest BCUT2D eigenvalue weighted by atomic mass is 9.86. The zero-order valence-electron chi connectivity index (χ0n) is 14.7. The molecule has 3 unspecified atom stereocenters. The van der Waals surface area contributed by atoms with Crippen LogP contribution in [0.1, 0.15) is 31.7 Å². The fraction of sp³-hybridized carbons (Fsp3) is 0.556. The van der Waals surface area contributed by atoms with Crippen LogP contribution in [0.5, 0.6) is 0 Å². The molecule has 2 heterocycles. The molecule has 2 fully saturated rings. The molecule has 1 N–H and O–H groups in total. The maximum atomic E-state index is 12.9. The number of rotatable bonds is 5. The molecule has 8 heteroatoms. The highest BCUT2D eigenvalue weighted by Gasteiger charge is 2.46. The lowest BCUT2D eigenvalue weighted by Gasteiger charge is -2.41. The molecule has 0 saturated carbocycles. The number of hydrogen-bond acceptors (Lipinski definition) is 4. The Morgan fingerprint density at radius 3 is 2.88 bits per heavy atom. The lowest BCUT2D eigenvalue weighted by molar-refractivity contribution is -0.141. The summed E-state index contributed by atoms with van der Waals surface area (Å²) in [5.74, 6) is -0.324. The first-order valence-electron chi connectivity index (χ1n) is 8.90. The second kappa shape index (κ2) is 8.10. The number of benzene rings is 1. The largest absolute Gasteiger partial charge is 0.445 e. The van der Waals surface area contributed by atoms with E-state index in [4.69, 9.17) is 10.3 Å². The van der Waals surface area contributed by atoms with Crippen LogP contribution in [-0.2, 0) is 16.1 Å². The summed E-state index contributed by atoms with van der Waals surface area (Å²) >= 11 is 0. The van der Waals surface area contributed by atoms with E-state index in [0.29, 0.717) is 0 Å².